The Morgan fingerprint density at radius 1 is 1.13 bits per heavy atom. The number of aryl methyl sites for hydroxylation is 3. The zero-order valence-electron chi connectivity index (χ0n) is 14.4. The van der Waals surface area contributed by atoms with Crippen molar-refractivity contribution in [2.24, 2.45) is 7.05 Å². The monoisotopic (exact) mass is 314 g/mol. The molecule has 0 aliphatic carbocycles. The van der Waals surface area contributed by atoms with Crippen LogP contribution in [0, 0.1) is 13.8 Å². The van der Waals surface area contributed by atoms with Crippen LogP contribution in [0.2, 0.25) is 0 Å². The topological polar surface area (TPSA) is 86.3 Å². The second kappa shape index (κ2) is 5.60. The molecule has 3 aromatic rings. The Morgan fingerprint density at radius 3 is 2.57 bits per heavy atom. The molecule has 0 aliphatic rings. The van der Waals surface area contributed by atoms with Crippen LogP contribution in [0.4, 0.5) is 5.82 Å². The minimum Gasteiger partial charge on any atom is -0.360 e. The fraction of sp³-hybridized carbons (Fsp3) is 0.533. The molecule has 0 amide bonds. The standard InChI is InChI=1S/C15H22N8/c1-8(2)23-7-16-20-14(23)10(4)17-13-12-9(3)21-22(6)15(12)19-11(5)18-13/h7-8,10H,1-6H3,(H,17,18,19)/t10-/m1/s1. The van der Waals surface area contributed by atoms with E-state index in [-0.39, 0.29) is 6.04 Å². The minimum atomic E-state index is -0.0305. The van der Waals surface area contributed by atoms with E-state index in [4.69, 9.17) is 0 Å². The first-order valence-corrected chi connectivity index (χ1v) is 7.72. The third-order valence-electron chi connectivity index (χ3n) is 3.87. The third-order valence-corrected chi connectivity index (χ3v) is 3.87. The van der Waals surface area contributed by atoms with E-state index in [1.54, 1.807) is 11.0 Å². The number of fused-ring (bicyclic) bond motifs is 1. The molecule has 122 valence electrons. The second-order valence-corrected chi connectivity index (χ2v) is 6.08. The Labute approximate surface area is 135 Å². The van der Waals surface area contributed by atoms with Crippen molar-refractivity contribution in [2.45, 2.75) is 46.7 Å². The molecular formula is C15H22N8. The van der Waals surface area contributed by atoms with Crippen LogP contribution in [0.5, 0.6) is 0 Å². The summed E-state index contributed by atoms with van der Waals surface area (Å²) in [4.78, 5) is 9.06. The summed E-state index contributed by atoms with van der Waals surface area (Å²) in [5.41, 5.74) is 1.73. The van der Waals surface area contributed by atoms with Gasteiger partial charge in [0, 0.05) is 13.1 Å². The molecule has 8 heteroatoms. The lowest BCUT2D eigenvalue weighted by Crippen LogP contribution is -2.16. The average Bonchev–Trinajstić information content (AvgIpc) is 3.05. The first kappa shape index (κ1) is 15.4. The lowest BCUT2D eigenvalue weighted by Gasteiger charge is -2.18. The Bertz CT molecular complexity index is 845. The molecule has 8 nitrogen and oxygen atoms in total. The van der Waals surface area contributed by atoms with Crippen LogP contribution in [-0.2, 0) is 7.05 Å². The highest BCUT2D eigenvalue weighted by atomic mass is 15.3. The lowest BCUT2D eigenvalue weighted by molar-refractivity contribution is 0.552. The highest BCUT2D eigenvalue weighted by molar-refractivity contribution is 5.89. The Morgan fingerprint density at radius 2 is 1.87 bits per heavy atom. The normalized spacial score (nSPS) is 13.0. The molecule has 3 rings (SSSR count). The lowest BCUT2D eigenvalue weighted by atomic mass is 10.2. The van der Waals surface area contributed by atoms with Gasteiger partial charge in [-0.3, -0.25) is 4.68 Å². The van der Waals surface area contributed by atoms with Crippen LogP contribution in [-0.4, -0.2) is 34.5 Å². The second-order valence-electron chi connectivity index (χ2n) is 6.08. The summed E-state index contributed by atoms with van der Waals surface area (Å²) in [5.74, 6) is 2.37. The predicted molar refractivity (Wildman–Crippen MR) is 88.2 cm³/mol. The average molecular weight is 314 g/mol. The van der Waals surface area contributed by atoms with Crippen LogP contribution >= 0.6 is 0 Å². The van der Waals surface area contributed by atoms with Gasteiger partial charge in [0.05, 0.1) is 17.1 Å². The highest BCUT2D eigenvalue weighted by Gasteiger charge is 2.19. The van der Waals surface area contributed by atoms with Crippen molar-refractivity contribution < 1.29 is 0 Å². The molecular weight excluding hydrogens is 292 g/mol. The minimum absolute atomic E-state index is 0.0305. The van der Waals surface area contributed by atoms with Gasteiger partial charge in [-0.2, -0.15) is 5.10 Å². The van der Waals surface area contributed by atoms with Gasteiger partial charge in [-0.1, -0.05) is 0 Å². The van der Waals surface area contributed by atoms with Crippen LogP contribution in [0.3, 0.4) is 0 Å². The van der Waals surface area contributed by atoms with Crippen LogP contribution in [0.1, 0.15) is 50.2 Å². The number of nitrogens with one attached hydrogen (secondary N) is 1. The van der Waals surface area contributed by atoms with E-state index in [2.05, 4.69) is 55.9 Å². The fourth-order valence-corrected chi connectivity index (χ4v) is 2.78. The van der Waals surface area contributed by atoms with E-state index >= 15 is 0 Å². The molecule has 0 saturated carbocycles. The summed E-state index contributed by atoms with van der Waals surface area (Å²) in [6.07, 6.45) is 1.76. The van der Waals surface area contributed by atoms with E-state index in [0.717, 1.165) is 28.4 Å². The van der Waals surface area contributed by atoms with E-state index in [0.29, 0.717) is 11.9 Å². The molecule has 3 heterocycles. The van der Waals surface area contributed by atoms with E-state index in [9.17, 15) is 0 Å². The van der Waals surface area contributed by atoms with Gasteiger partial charge in [0.1, 0.15) is 18.0 Å². The van der Waals surface area contributed by atoms with Crippen LogP contribution < -0.4 is 5.32 Å². The molecule has 0 unspecified atom stereocenters. The number of nitrogens with zero attached hydrogens (tertiary/aromatic N) is 7. The maximum absolute atomic E-state index is 4.57. The van der Waals surface area contributed by atoms with E-state index in [1.807, 2.05) is 20.9 Å². The van der Waals surface area contributed by atoms with Crippen LogP contribution in [0.25, 0.3) is 11.0 Å². The maximum atomic E-state index is 4.57. The van der Waals surface area contributed by atoms with Crippen LogP contribution in [0.15, 0.2) is 6.33 Å². The summed E-state index contributed by atoms with van der Waals surface area (Å²) in [6.45, 7) is 10.1. The summed E-state index contributed by atoms with van der Waals surface area (Å²) in [7, 11) is 1.89. The molecule has 0 bridgehead atoms. The number of hydrogen-bond acceptors (Lipinski definition) is 6. The number of hydrogen-bond donors (Lipinski definition) is 1. The van der Waals surface area contributed by atoms with Crippen molar-refractivity contribution in [1.29, 1.82) is 0 Å². The third kappa shape index (κ3) is 2.64. The van der Waals surface area contributed by atoms with Crippen molar-refractivity contribution in [2.75, 3.05) is 5.32 Å². The molecule has 0 aliphatic heterocycles. The van der Waals surface area contributed by atoms with E-state index < -0.39 is 0 Å². The van der Waals surface area contributed by atoms with Gasteiger partial charge >= 0.3 is 0 Å². The Kier molecular flexibility index (Phi) is 3.75. The van der Waals surface area contributed by atoms with Gasteiger partial charge < -0.3 is 9.88 Å². The summed E-state index contributed by atoms with van der Waals surface area (Å²) < 4.78 is 3.84. The SMILES string of the molecule is Cc1nc(N[C@H](C)c2nncn2C(C)C)c2c(C)nn(C)c2n1. The quantitative estimate of drug-likeness (QED) is 0.795. The number of anilines is 1. The summed E-state index contributed by atoms with van der Waals surface area (Å²) in [5, 5.41) is 17.1. The summed E-state index contributed by atoms with van der Waals surface area (Å²) >= 11 is 0. The Balaban J connectivity index is 2.03. The zero-order valence-corrected chi connectivity index (χ0v) is 14.4. The van der Waals surface area contributed by atoms with Crippen molar-refractivity contribution in [3.8, 4) is 0 Å². The molecule has 0 radical (unpaired) electrons. The van der Waals surface area contributed by atoms with Crippen molar-refractivity contribution >= 4 is 16.9 Å². The van der Waals surface area contributed by atoms with Gasteiger partial charge in [0.15, 0.2) is 11.5 Å². The van der Waals surface area contributed by atoms with Gasteiger partial charge in [-0.15, -0.1) is 10.2 Å². The van der Waals surface area contributed by atoms with E-state index in [1.165, 1.54) is 0 Å². The first-order chi connectivity index (χ1) is 10.9. The summed E-state index contributed by atoms with van der Waals surface area (Å²) in [6, 6.07) is 0.272. The van der Waals surface area contributed by atoms with Crippen molar-refractivity contribution in [1.82, 2.24) is 34.5 Å². The zero-order chi connectivity index (χ0) is 16.7. The van der Waals surface area contributed by atoms with Crippen molar-refractivity contribution in [3.63, 3.8) is 0 Å². The van der Waals surface area contributed by atoms with Gasteiger partial charge in [-0.05, 0) is 34.6 Å². The maximum Gasteiger partial charge on any atom is 0.163 e. The fourth-order valence-electron chi connectivity index (χ4n) is 2.78. The molecule has 0 fully saturated rings. The first-order valence-electron chi connectivity index (χ1n) is 7.72. The smallest absolute Gasteiger partial charge is 0.163 e. The van der Waals surface area contributed by atoms with Gasteiger partial charge in [0.25, 0.3) is 0 Å². The predicted octanol–water partition coefficient (Wildman–Crippen LogP) is 2.33. The van der Waals surface area contributed by atoms with Gasteiger partial charge in [0.2, 0.25) is 0 Å². The molecule has 0 saturated heterocycles. The number of rotatable bonds is 4. The molecule has 1 atom stereocenters. The molecule has 3 aromatic heterocycles. The van der Waals surface area contributed by atoms with Gasteiger partial charge in [-0.25, -0.2) is 9.97 Å². The van der Waals surface area contributed by atoms with Crippen molar-refractivity contribution in [3.05, 3.63) is 23.7 Å². The molecule has 1 N–H and O–H groups in total. The Hall–Kier alpha value is -2.51. The molecule has 23 heavy (non-hydrogen) atoms. The highest BCUT2D eigenvalue weighted by Crippen LogP contribution is 2.27. The molecule has 0 aromatic carbocycles. The molecule has 0 spiro atoms. The number of aromatic nitrogens is 7. The largest absolute Gasteiger partial charge is 0.360 e.